The summed E-state index contributed by atoms with van der Waals surface area (Å²) >= 11 is 1.84. The molecule has 0 amide bonds. The van der Waals surface area contributed by atoms with Gasteiger partial charge in [0.25, 0.3) is 0 Å². The van der Waals surface area contributed by atoms with Gasteiger partial charge in [-0.2, -0.15) is 0 Å². The van der Waals surface area contributed by atoms with Crippen LogP contribution in [0.5, 0.6) is 0 Å². The average molecular weight is 873 g/mol. The molecule has 314 valence electrons. The molecule has 0 aliphatic heterocycles. The predicted molar refractivity (Wildman–Crippen MR) is 279 cm³/mol. The van der Waals surface area contributed by atoms with Crippen LogP contribution in [0.15, 0.2) is 243 Å². The van der Waals surface area contributed by atoms with Gasteiger partial charge in [0.1, 0.15) is 0 Å². The molecule has 4 nitrogen and oxygen atoms in total. The Morgan fingerprint density at radius 2 is 0.597 bits per heavy atom. The molecular weight excluding hydrogens is 833 g/mol. The van der Waals surface area contributed by atoms with Crippen molar-refractivity contribution in [1.82, 2.24) is 19.9 Å². The first-order chi connectivity index (χ1) is 33.2. The summed E-state index contributed by atoms with van der Waals surface area (Å²) in [5, 5.41) is 2.58. The second-order valence-electron chi connectivity index (χ2n) is 16.5. The fourth-order valence-electron chi connectivity index (χ4n) is 9.17. The van der Waals surface area contributed by atoms with Gasteiger partial charge in [-0.05, 0) is 33.9 Å². The molecule has 0 N–H and O–H groups in total. The van der Waals surface area contributed by atoms with Crippen LogP contribution in [-0.2, 0) is 0 Å². The molecule has 0 saturated heterocycles. The van der Waals surface area contributed by atoms with Gasteiger partial charge in [0, 0.05) is 64.7 Å². The maximum absolute atomic E-state index is 5.61. The number of rotatable bonds is 9. The number of nitrogens with zero attached hydrogens (tertiary/aromatic N) is 4. The largest absolute Gasteiger partial charge is 0.246 e. The van der Waals surface area contributed by atoms with Crippen molar-refractivity contribution >= 4 is 31.5 Å². The van der Waals surface area contributed by atoms with E-state index in [2.05, 4.69) is 224 Å². The van der Waals surface area contributed by atoms with Crippen LogP contribution in [0.4, 0.5) is 0 Å². The van der Waals surface area contributed by atoms with Crippen molar-refractivity contribution in [2.75, 3.05) is 0 Å². The van der Waals surface area contributed by atoms with E-state index in [1.165, 1.54) is 25.7 Å². The zero-order valence-corrected chi connectivity index (χ0v) is 37.1. The van der Waals surface area contributed by atoms with Gasteiger partial charge in [0.05, 0.1) is 11.4 Å². The highest BCUT2D eigenvalue weighted by Gasteiger charge is 2.25. The Labute approximate surface area is 393 Å². The molecule has 0 atom stereocenters. The van der Waals surface area contributed by atoms with Gasteiger partial charge in [-0.1, -0.05) is 237 Å². The lowest BCUT2D eigenvalue weighted by atomic mass is 9.83. The first kappa shape index (κ1) is 39.9. The van der Waals surface area contributed by atoms with Crippen molar-refractivity contribution in [2.45, 2.75) is 0 Å². The van der Waals surface area contributed by atoms with Gasteiger partial charge in [-0.25, -0.2) is 19.9 Å². The van der Waals surface area contributed by atoms with Crippen LogP contribution >= 0.6 is 11.3 Å². The lowest BCUT2D eigenvalue weighted by Crippen LogP contribution is -2.02. The third-order valence-electron chi connectivity index (χ3n) is 12.4. The number of pyridine rings is 1. The molecule has 67 heavy (non-hydrogen) atoms. The van der Waals surface area contributed by atoms with E-state index in [9.17, 15) is 0 Å². The summed E-state index contributed by atoms with van der Waals surface area (Å²) < 4.78 is 2.59. The van der Waals surface area contributed by atoms with E-state index in [4.69, 9.17) is 19.9 Å². The van der Waals surface area contributed by atoms with E-state index in [0.29, 0.717) is 17.5 Å². The molecule has 9 aromatic carbocycles. The second kappa shape index (κ2) is 17.4. The zero-order chi connectivity index (χ0) is 44.5. The molecule has 0 aliphatic rings. The summed E-state index contributed by atoms with van der Waals surface area (Å²) in [6, 6.07) is 85.1. The SMILES string of the molecule is c1ccc(-c2nc(-c3ccc(-c4c(-c5ccccc5)c(-c5ccccc5)nc(-c5ccccc5)c4-c4ccccc4)cc3)nc(-c3ccc(-c4cccc5c4sc4ccccc45)cc3)n2)cc1. The summed E-state index contributed by atoms with van der Waals surface area (Å²) in [6.07, 6.45) is 0. The molecule has 5 heteroatoms. The highest BCUT2D eigenvalue weighted by molar-refractivity contribution is 7.26. The van der Waals surface area contributed by atoms with E-state index < -0.39 is 0 Å². The minimum Gasteiger partial charge on any atom is -0.246 e. The number of hydrogen-bond donors (Lipinski definition) is 0. The van der Waals surface area contributed by atoms with E-state index >= 15 is 0 Å². The molecule has 3 aromatic heterocycles. The van der Waals surface area contributed by atoms with Gasteiger partial charge in [-0.3, -0.25) is 0 Å². The normalized spacial score (nSPS) is 11.3. The molecular formula is C62H40N4S. The molecule has 12 aromatic rings. The number of benzene rings is 9. The van der Waals surface area contributed by atoms with Crippen LogP contribution in [0.2, 0.25) is 0 Å². The van der Waals surface area contributed by atoms with Crippen LogP contribution in [0, 0.1) is 0 Å². The molecule has 0 unspecified atom stereocenters. The van der Waals surface area contributed by atoms with Gasteiger partial charge < -0.3 is 0 Å². The molecule has 3 heterocycles. The van der Waals surface area contributed by atoms with Crippen molar-refractivity contribution in [3.05, 3.63) is 243 Å². The highest BCUT2D eigenvalue weighted by atomic mass is 32.1. The van der Waals surface area contributed by atoms with Gasteiger partial charge >= 0.3 is 0 Å². The fourth-order valence-corrected chi connectivity index (χ4v) is 10.4. The molecule has 0 spiro atoms. The number of aromatic nitrogens is 4. The van der Waals surface area contributed by atoms with Crippen LogP contribution < -0.4 is 0 Å². The Morgan fingerprint density at radius 3 is 1.09 bits per heavy atom. The summed E-state index contributed by atoms with van der Waals surface area (Å²) in [5.74, 6) is 1.84. The number of fused-ring (bicyclic) bond motifs is 3. The molecule has 12 rings (SSSR count). The fraction of sp³-hybridized carbons (Fsp3) is 0. The van der Waals surface area contributed by atoms with Gasteiger partial charge in [0.15, 0.2) is 17.5 Å². The van der Waals surface area contributed by atoms with Gasteiger partial charge in [-0.15, -0.1) is 11.3 Å². The van der Waals surface area contributed by atoms with Gasteiger partial charge in [0.2, 0.25) is 0 Å². The second-order valence-corrected chi connectivity index (χ2v) is 17.6. The Hall–Kier alpha value is -8.64. The van der Waals surface area contributed by atoms with E-state index in [-0.39, 0.29) is 0 Å². The Morgan fingerprint density at radius 1 is 0.239 bits per heavy atom. The average Bonchev–Trinajstić information content (AvgIpc) is 3.81. The van der Waals surface area contributed by atoms with E-state index in [0.717, 1.165) is 78.1 Å². The summed E-state index contributed by atoms with van der Waals surface area (Å²) in [7, 11) is 0. The van der Waals surface area contributed by atoms with E-state index in [1.54, 1.807) is 0 Å². The summed E-state index contributed by atoms with van der Waals surface area (Å²) in [5.41, 5.74) is 15.5. The van der Waals surface area contributed by atoms with Crippen LogP contribution in [-0.4, -0.2) is 19.9 Å². The predicted octanol–water partition coefficient (Wildman–Crippen LogP) is 16.6. The first-order valence-corrected chi connectivity index (χ1v) is 23.3. The smallest absolute Gasteiger partial charge is 0.164 e. The van der Waals surface area contributed by atoms with Crippen LogP contribution in [0.1, 0.15) is 0 Å². The molecule has 0 radical (unpaired) electrons. The van der Waals surface area contributed by atoms with E-state index in [1.807, 2.05) is 29.5 Å². The van der Waals surface area contributed by atoms with Crippen LogP contribution in [0.3, 0.4) is 0 Å². The first-order valence-electron chi connectivity index (χ1n) is 22.5. The monoisotopic (exact) mass is 872 g/mol. The molecule has 0 saturated carbocycles. The number of hydrogen-bond acceptors (Lipinski definition) is 5. The Bertz CT molecular complexity index is 3590. The maximum Gasteiger partial charge on any atom is 0.164 e. The zero-order valence-electron chi connectivity index (χ0n) is 36.3. The molecule has 0 bridgehead atoms. The number of thiophene rings is 1. The van der Waals surface area contributed by atoms with Crippen molar-refractivity contribution in [1.29, 1.82) is 0 Å². The van der Waals surface area contributed by atoms with Crippen molar-refractivity contribution in [2.24, 2.45) is 0 Å². The Balaban J connectivity index is 1.02. The topological polar surface area (TPSA) is 51.6 Å². The third kappa shape index (κ3) is 7.57. The minimum absolute atomic E-state index is 0.603. The van der Waals surface area contributed by atoms with Crippen molar-refractivity contribution < 1.29 is 0 Å². The minimum atomic E-state index is 0.603. The lowest BCUT2D eigenvalue weighted by Gasteiger charge is -2.23. The molecule has 0 fully saturated rings. The van der Waals surface area contributed by atoms with Crippen molar-refractivity contribution in [3.8, 4) is 101 Å². The quantitative estimate of drug-likeness (QED) is 0.145. The summed E-state index contributed by atoms with van der Waals surface area (Å²) in [6.45, 7) is 0. The third-order valence-corrected chi connectivity index (χ3v) is 13.6. The summed E-state index contributed by atoms with van der Waals surface area (Å²) in [4.78, 5) is 21.0. The van der Waals surface area contributed by atoms with Crippen molar-refractivity contribution in [3.63, 3.8) is 0 Å². The maximum atomic E-state index is 5.61. The molecule has 0 aliphatic carbocycles. The van der Waals surface area contributed by atoms with Crippen LogP contribution in [0.25, 0.3) is 121 Å². The lowest BCUT2D eigenvalue weighted by molar-refractivity contribution is 1.07. The standard InChI is InChI=1S/C62H40N4S/c1-6-19-42(20-7-1)55-54(56(43-21-8-2-9-22-43)58(46-25-12-4-13-26-46)63-57(55)45-23-10-3-11-24-45)44-35-39-49(40-36-44)62-65-60(47-27-14-5-15-28-47)64-61(66-62)48-37-33-41(34-38-48)50-30-18-31-52-51-29-16-17-32-53(51)67-59(50)52/h1-40H. The Kier molecular flexibility index (Phi) is 10.4. The highest BCUT2D eigenvalue weighted by Crippen LogP contribution is 2.49.